The van der Waals surface area contributed by atoms with Gasteiger partial charge in [-0.25, -0.2) is 0 Å². The van der Waals surface area contributed by atoms with Crippen LogP contribution in [0.25, 0.3) is 10.9 Å². The summed E-state index contributed by atoms with van der Waals surface area (Å²) in [6, 6.07) is 6.48. The number of rotatable bonds is 12. The zero-order valence-electron chi connectivity index (χ0n) is 17.5. The van der Waals surface area contributed by atoms with E-state index in [2.05, 4.69) is 10.3 Å². The summed E-state index contributed by atoms with van der Waals surface area (Å²) in [5, 5.41) is 21.5. The third kappa shape index (κ3) is 7.81. The van der Waals surface area contributed by atoms with Gasteiger partial charge in [0.25, 0.3) is 0 Å². The van der Waals surface area contributed by atoms with E-state index < -0.39 is 36.8 Å². The number of nitrogens with one attached hydrogen (secondary N) is 2. The Balaban J connectivity index is 2.06. The normalized spacial score (nSPS) is 11.1. The van der Waals surface area contributed by atoms with Gasteiger partial charge in [0.2, 0.25) is 17.4 Å². The highest BCUT2D eigenvalue weighted by Crippen LogP contribution is 2.19. The number of benzene rings is 1. The van der Waals surface area contributed by atoms with Crippen LogP contribution in [0, 0.1) is 6.92 Å². The zero-order chi connectivity index (χ0) is 23.8. The van der Waals surface area contributed by atoms with Gasteiger partial charge < -0.3 is 26.2 Å². The molecule has 0 unspecified atom stereocenters. The summed E-state index contributed by atoms with van der Waals surface area (Å²) in [4.78, 5) is 62.6. The molecule has 32 heavy (non-hydrogen) atoms. The number of anilines is 1. The first-order valence-corrected chi connectivity index (χ1v) is 9.63. The Morgan fingerprint density at radius 3 is 2.12 bits per heavy atom. The van der Waals surface area contributed by atoms with E-state index in [1.165, 1.54) is 15.9 Å². The molecule has 12 heteroatoms. The molecular weight excluding hydrogens is 422 g/mol. The van der Waals surface area contributed by atoms with Gasteiger partial charge in [-0.3, -0.25) is 33.8 Å². The van der Waals surface area contributed by atoms with Crippen molar-refractivity contribution in [1.29, 1.82) is 0 Å². The number of hydrogen-bond acceptors (Lipinski definition) is 7. The number of fused-ring (bicyclic) bond motifs is 1. The molecule has 0 saturated heterocycles. The molecule has 1 aromatic carbocycles. The fourth-order valence-electron chi connectivity index (χ4n) is 3.23. The third-order valence-electron chi connectivity index (χ3n) is 4.53. The molecule has 0 radical (unpaired) electrons. The number of carbonyl (C=O) groups excluding carboxylic acids is 2. The second kappa shape index (κ2) is 11.0. The maximum Gasteiger partial charge on any atom is 0.317 e. The molecule has 0 atom stereocenters. The number of aromatic amines is 1. The van der Waals surface area contributed by atoms with E-state index in [4.69, 9.17) is 15.9 Å². The largest absolute Gasteiger partial charge is 0.480 e. The lowest BCUT2D eigenvalue weighted by molar-refractivity contribution is -0.141. The molecule has 0 aliphatic rings. The molecule has 0 spiro atoms. The van der Waals surface area contributed by atoms with Gasteiger partial charge in [-0.05, 0) is 24.6 Å². The van der Waals surface area contributed by atoms with Gasteiger partial charge in [-0.15, -0.1) is 0 Å². The summed E-state index contributed by atoms with van der Waals surface area (Å²) in [7, 11) is 0. The van der Waals surface area contributed by atoms with E-state index in [-0.39, 0.29) is 31.7 Å². The van der Waals surface area contributed by atoms with Crippen LogP contribution in [0.2, 0.25) is 0 Å². The first-order valence-electron chi connectivity index (χ1n) is 9.63. The Labute approximate surface area is 182 Å². The lowest BCUT2D eigenvalue weighted by Gasteiger charge is -2.24. The summed E-state index contributed by atoms with van der Waals surface area (Å²) >= 11 is 0. The van der Waals surface area contributed by atoms with Crippen molar-refractivity contribution >= 4 is 40.3 Å². The molecule has 0 bridgehead atoms. The number of nitrogens with zero attached hydrogens (tertiary/aromatic N) is 2. The molecule has 1 heterocycles. The Bertz CT molecular complexity index is 1070. The topological polar surface area (TPSA) is 186 Å². The summed E-state index contributed by atoms with van der Waals surface area (Å²) in [5.41, 5.74) is 6.60. The number of nitrogens with two attached hydrogens (primary N) is 1. The van der Waals surface area contributed by atoms with Crippen LogP contribution in [-0.4, -0.2) is 88.0 Å². The molecule has 0 aliphatic carbocycles. The Morgan fingerprint density at radius 2 is 1.56 bits per heavy atom. The Hall–Kier alpha value is -3.77. The third-order valence-corrected chi connectivity index (χ3v) is 4.53. The molecule has 2 aromatic rings. The van der Waals surface area contributed by atoms with Crippen molar-refractivity contribution in [1.82, 2.24) is 14.8 Å². The number of primary amides is 1. The van der Waals surface area contributed by atoms with Gasteiger partial charge in [-0.1, -0.05) is 6.07 Å². The lowest BCUT2D eigenvalue weighted by atomic mass is 10.1. The maximum atomic E-state index is 12.5. The first-order chi connectivity index (χ1) is 15.0. The minimum Gasteiger partial charge on any atom is -0.480 e. The molecule has 1 aromatic heterocycles. The van der Waals surface area contributed by atoms with E-state index in [1.54, 1.807) is 25.1 Å². The van der Waals surface area contributed by atoms with Crippen LogP contribution in [0.4, 0.5) is 5.69 Å². The van der Waals surface area contributed by atoms with Gasteiger partial charge in [0.05, 0.1) is 31.7 Å². The smallest absolute Gasteiger partial charge is 0.317 e. The predicted octanol–water partition coefficient (Wildman–Crippen LogP) is -0.966. The quantitative estimate of drug-likeness (QED) is 0.273. The SMILES string of the molecule is Cc1cc(=O)[nH]c2cc(NC(=O)CN(CCN(CC(N)=O)CC(=O)O)CC(=O)O)ccc12. The van der Waals surface area contributed by atoms with Crippen LogP contribution in [0.5, 0.6) is 0 Å². The number of aryl methyl sites for hydroxylation is 1. The number of carboxylic acids is 2. The highest BCUT2D eigenvalue weighted by atomic mass is 16.4. The number of hydrogen-bond donors (Lipinski definition) is 5. The van der Waals surface area contributed by atoms with Crippen LogP contribution in [0.1, 0.15) is 5.56 Å². The number of aromatic nitrogens is 1. The van der Waals surface area contributed by atoms with Crippen LogP contribution < -0.4 is 16.6 Å². The molecule has 0 saturated carbocycles. The number of pyridine rings is 1. The van der Waals surface area contributed by atoms with E-state index in [0.29, 0.717) is 11.2 Å². The molecule has 0 aliphatic heterocycles. The summed E-state index contributed by atoms with van der Waals surface area (Å²) in [5.74, 6) is -3.56. The van der Waals surface area contributed by atoms with Crippen molar-refractivity contribution < 1.29 is 29.4 Å². The van der Waals surface area contributed by atoms with Crippen molar-refractivity contribution in [2.24, 2.45) is 5.73 Å². The Kier molecular flexibility index (Phi) is 8.44. The van der Waals surface area contributed by atoms with E-state index in [9.17, 15) is 24.0 Å². The minimum absolute atomic E-state index is 0.0184. The summed E-state index contributed by atoms with van der Waals surface area (Å²) in [6.45, 7) is 0.322. The Morgan fingerprint density at radius 1 is 0.969 bits per heavy atom. The molecule has 2 amide bonds. The van der Waals surface area contributed by atoms with Crippen molar-refractivity contribution in [3.8, 4) is 0 Å². The van der Waals surface area contributed by atoms with Crippen LogP contribution in [-0.2, 0) is 19.2 Å². The molecule has 6 N–H and O–H groups in total. The van der Waals surface area contributed by atoms with Gasteiger partial charge >= 0.3 is 11.9 Å². The van der Waals surface area contributed by atoms with Gasteiger partial charge in [0.15, 0.2) is 0 Å². The van der Waals surface area contributed by atoms with Crippen molar-refractivity contribution in [2.75, 3.05) is 44.6 Å². The zero-order valence-corrected chi connectivity index (χ0v) is 17.5. The fraction of sp³-hybridized carbons (Fsp3) is 0.350. The standard InChI is InChI=1S/C20H25N5O7/c1-12-6-17(27)23-15-7-13(2-3-14(12)15)22-18(28)9-25(11-20(31)32)5-4-24(8-16(21)26)10-19(29)30/h2-3,6-7H,4-5,8-11H2,1H3,(H2,21,26)(H,22,28)(H,23,27)(H,29,30)(H,31,32). The second-order valence-electron chi connectivity index (χ2n) is 7.30. The predicted molar refractivity (Wildman–Crippen MR) is 115 cm³/mol. The van der Waals surface area contributed by atoms with E-state index in [0.717, 1.165) is 10.9 Å². The number of aliphatic carboxylic acids is 2. The summed E-state index contributed by atoms with van der Waals surface area (Å²) < 4.78 is 0. The van der Waals surface area contributed by atoms with Crippen molar-refractivity contribution in [3.05, 3.63) is 40.2 Å². The number of carboxylic acid groups (broad SMARTS) is 2. The maximum absolute atomic E-state index is 12.5. The molecule has 0 fully saturated rings. The first kappa shape index (κ1) is 24.5. The fourth-order valence-corrected chi connectivity index (χ4v) is 3.23. The van der Waals surface area contributed by atoms with Gasteiger partial charge in [0.1, 0.15) is 0 Å². The van der Waals surface area contributed by atoms with Crippen molar-refractivity contribution in [2.45, 2.75) is 6.92 Å². The molecule has 12 nitrogen and oxygen atoms in total. The van der Waals surface area contributed by atoms with Crippen LogP contribution in [0.15, 0.2) is 29.1 Å². The second-order valence-corrected chi connectivity index (χ2v) is 7.30. The minimum atomic E-state index is -1.17. The average molecular weight is 447 g/mol. The lowest BCUT2D eigenvalue weighted by Crippen LogP contribution is -2.45. The number of H-pyrrole nitrogens is 1. The molecule has 2 rings (SSSR count). The van der Waals surface area contributed by atoms with E-state index >= 15 is 0 Å². The molecule has 172 valence electrons. The van der Waals surface area contributed by atoms with Gasteiger partial charge in [-0.2, -0.15) is 0 Å². The summed E-state index contributed by atoms with van der Waals surface area (Å²) in [6.07, 6.45) is 0. The molecular formula is C20H25N5O7. The number of carbonyl (C=O) groups is 4. The van der Waals surface area contributed by atoms with E-state index in [1.807, 2.05) is 0 Å². The average Bonchev–Trinajstić information content (AvgIpc) is 2.64. The van der Waals surface area contributed by atoms with Gasteiger partial charge in [0, 0.05) is 30.2 Å². The highest BCUT2D eigenvalue weighted by Gasteiger charge is 2.18. The van der Waals surface area contributed by atoms with Crippen LogP contribution in [0.3, 0.4) is 0 Å². The van der Waals surface area contributed by atoms with Crippen LogP contribution >= 0.6 is 0 Å². The number of amides is 2. The monoisotopic (exact) mass is 447 g/mol. The van der Waals surface area contributed by atoms with Crippen molar-refractivity contribution in [3.63, 3.8) is 0 Å². The highest BCUT2D eigenvalue weighted by molar-refractivity contribution is 5.95.